The van der Waals surface area contributed by atoms with Crippen molar-refractivity contribution in [3.63, 3.8) is 0 Å². The van der Waals surface area contributed by atoms with Crippen molar-refractivity contribution in [3.8, 4) is 0 Å². The van der Waals surface area contributed by atoms with Gasteiger partial charge in [-0.05, 0) is 27.7 Å². The van der Waals surface area contributed by atoms with Crippen LogP contribution in [-0.2, 0) is 11.8 Å². The average molecular weight is 337 g/mol. The van der Waals surface area contributed by atoms with Gasteiger partial charge in [-0.1, -0.05) is 0 Å². The first-order valence-electron chi connectivity index (χ1n) is 6.94. The van der Waals surface area contributed by atoms with E-state index in [0.717, 1.165) is 36.6 Å². The Labute approximate surface area is 139 Å². The number of hydrogen-bond donors (Lipinski definition) is 1. The zero-order valence-electron chi connectivity index (χ0n) is 13.3. The van der Waals surface area contributed by atoms with Crippen LogP contribution in [0.2, 0.25) is 0 Å². The Kier molecular flexibility index (Phi) is 7.71. The summed E-state index contributed by atoms with van der Waals surface area (Å²) in [7, 11) is 1.93. The van der Waals surface area contributed by atoms with Crippen LogP contribution in [0.25, 0.3) is 0 Å². The zero-order valence-corrected chi connectivity index (χ0v) is 15.0. The molecule has 0 radical (unpaired) electrons. The number of carbonyl (C=O) groups is 1. The lowest BCUT2D eigenvalue weighted by Crippen LogP contribution is -2.53. The second-order valence-electron chi connectivity index (χ2n) is 5.51. The molecule has 21 heavy (non-hydrogen) atoms. The second kappa shape index (κ2) is 8.01. The van der Waals surface area contributed by atoms with Gasteiger partial charge in [-0.3, -0.25) is 9.48 Å². The van der Waals surface area contributed by atoms with Crippen molar-refractivity contribution in [3.05, 3.63) is 17.0 Å². The Balaban J connectivity index is 0.00000200. The normalized spacial score (nSPS) is 19.5. The molecule has 1 aliphatic rings. The van der Waals surface area contributed by atoms with Crippen molar-refractivity contribution < 1.29 is 4.79 Å². The van der Waals surface area contributed by atoms with Gasteiger partial charge >= 0.3 is 0 Å². The number of aryl methyl sites for hydroxylation is 2. The summed E-state index contributed by atoms with van der Waals surface area (Å²) in [6.07, 6.45) is 0. The Morgan fingerprint density at radius 2 is 2.00 bits per heavy atom. The maximum absolute atomic E-state index is 12.7. The van der Waals surface area contributed by atoms with Crippen LogP contribution in [-0.4, -0.2) is 46.3 Å². The number of piperazine rings is 1. The molecule has 0 aromatic carbocycles. The molecule has 1 saturated heterocycles. The highest BCUT2D eigenvalue weighted by molar-refractivity contribution is 5.85. The molecule has 1 aliphatic heterocycles. The number of nitrogens with zero attached hydrogens (tertiary/aromatic N) is 3. The molecule has 2 heterocycles. The zero-order chi connectivity index (χ0) is 14.2. The van der Waals surface area contributed by atoms with Gasteiger partial charge in [-0.2, -0.15) is 5.10 Å². The van der Waals surface area contributed by atoms with Crippen LogP contribution >= 0.6 is 24.8 Å². The minimum absolute atomic E-state index is 0. The fourth-order valence-electron chi connectivity index (χ4n) is 2.96. The number of aromatic nitrogens is 2. The minimum Gasteiger partial charge on any atom is -0.337 e. The second-order valence-corrected chi connectivity index (χ2v) is 5.51. The van der Waals surface area contributed by atoms with E-state index in [1.807, 2.05) is 37.4 Å². The predicted octanol–water partition coefficient (Wildman–Crippen LogP) is 1.80. The summed E-state index contributed by atoms with van der Waals surface area (Å²) in [5.41, 5.74) is 3.13. The molecule has 0 spiro atoms. The molecule has 2 atom stereocenters. The highest BCUT2D eigenvalue weighted by atomic mass is 35.5. The minimum atomic E-state index is -0.116. The average Bonchev–Trinajstić information content (AvgIpc) is 2.62. The molecule has 1 N–H and O–H groups in total. The molecule has 1 amide bonds. The van der Waals surface area contributed by atoms with E-state index in [-0.39, 0.29) is 42.7 Å². The lowest BCUT2D eigenvalue weighted by Gasteiger charge is -2.35. The summed E-state index contributed by atoms with van der Waals surface area (Å²) < 4.78 is 1.86. The van der Waals surface area contributed by atoms with E-state index in [4.69, 9.17) is 0 Å². The monoisotopic (exact) mass is 336 g/mol. The summed E-state index contributed by atoms with van der Waals surface area (Å²) >= 11 is 0. The lowest BCUT2D eigenvalue weighted by molar-refractivity contribution is -0.135. The van der Waals surface area contributed by atoms with Crippen LogP contribution in [0, 0.1) is 13.8 Å². The van der Waals surface area contributed by atoms with E-state index in [0.29, 0.717) is 0 Å². The molecule has 7 heteroatoms. The van der Waals surface area contributed by atoms with E-state index >= 15 is 0 Å². The SMILES string of the molecule is Cc1nn(C)c(C)c1C(C)C(=O)N1CCNC[C@@H]1C.Cl.Cl. The summed E-state index contributed by atoms with van der Waals surface area (Å²) in [4.78, 5) is 14.7. The Bertz CT molecular complexity index is 490. The number of halogens is 2. The first kappa shape index (κ1) is 20.2. The molecular weight excluding hydrogens is 311 g/mol. The predicted molar refractivity (Wildman–Crippen MR) is 89.6 cm³/mol. The van der Waals surface area contributed by atoms with E-state index in [9.17, 15) is 4.79 Å². The van der Waals surface area contributed by atoms with Gasteiger partial charge in [-0.25, -0.2) is 0 Å². The maximum atomic E-state index is 12.7. The summed E-state index contributed by atoms with van der Waals surface area (Å²) in [5.74, 6) is 0.0995. The molecule has 5 nitrogen and oxygen atoms in total. The van der Waals surface area contributed by atoms with Crippen LogP contribution in [0.1, 0.15) is 36.7 Å². The molecule has 1 aromatic heterocycles. The van der Waals surface area contributed by atoms with Crippen molar-refractivity contribution in [2.45, 2.75) is 39.7 Å². The first-order chi connectivity index (χ1) is 8.93. The maximum Gasteiger partial charge on any atom is 0.230 e. The number of carbonyl (C=O) groups excluding carboxylic acids is 1. The van der Waals surface area contributed by atoms with Crippen molar-refractivity contribution in [2.24, 2.45) is 7.05 Å². The molecule has 1 fully saturated rings. The molecule has 2 rings (SSSR count). The quantitative estimate of drug-likeness (QED) is 0.895. The molecule has 0 saturated carbocycles. The van der Waals surface area contributed by atoms with Crippen molar-refractivity contribution in [2.75, 3.05) is 19.6 Å². The van der Waals surface area contributed by atoms with Gasteiger partial charge in [0, 0.05) is 44.0 Å². The van der Waals surface area contributed by atoms with Crippen molar-refractivity contribution >= 4 is 30.7 Å². The number of hydrogen-bond acceptors (Lipinski definition) is 3. The van der Waals surface area contributed by atoms with E-state index < -0.39 is 0 Å². The number of rotatable bonds is 2. The van der Waals surface area contributed by atoms with E-state index in [2.05, 4.69) is 17.3 Å². The summed E-state index contributed by atoms with van der Waals surface area (Å²) in [5, 5.41) is 7.73. The summed E-state index contributed by atoms with van der Waals surface area (Å²) in [6, 6.07) is 0.265. The standard InChI is InChI=1S/C14H24N4O.2ClH/c1-9-8-15-6-7-18(9)14(19)10(2)13-11(3)16-17(5)12(13)4;;/h9-10,15H,6-8H2,1-5H3;2*1H/t9-,10?;;/m0../s1. The molecule has 1 aromatic rings. The van der Waals surface area contributed by atoms with Gasteiger partial charge in [0.05, 0.1) is 11.6 Å². The van der Waals surface area contributed by atoms with Gasteiger partial charge in [-0.15, -0.1) is 24.8 Å². The topological polar surface area (TPSA) is 50.2 Å². The third-order valence-corrected chi connectivity index (χ3v) is 4.15. The highest BCUT2D eigenvalue weighted by Gasteiger charge is 2.30. The van der Waals surface area contributed by atoms with Gasteiger partial charge in [0.1, 0.15) is 0 Å². The van der Waals surface area contributed by atoms with Crippen LogP contribution in [0.5, 0.6) is 0 Å². The molecule has 0 bridgehead atoms. The third-order valence-electron chi connectivity index (χ3n) is 4.15. The lowest BCUT2D eigenvalue weighted by atomic mass is 9.96. The van der Waals surface area contributed by atoms with Crippen LogP contribution < -0.4 is 5.32 Å². The number of nitrogens with one attached hydrogen (secondary N) is 1. The van der Waals surface area contributed by atoms with Crippen LogP contribution in [0.3, 0.4) is 0 Å². The van der Waals surface area contributed by atoms with Crippen molar-refractivity contribution in [1.82, 2.24) is 20.0 Å². The smallest absolute Gasteiger partial charge is 0.230 e. The highest BCUT2D eigenvalue weighted by Crippen LogP contribution is 2.25. The van der Waals surface area contributed by atoms with Crippen molar-refractivity contribution in [1.29, 1.82) is 0 Å². The summed E-state index contributed by atoms with van der Waals surface area (Å²) in [6.45, 7) is 10.7. The molecule has 1 unspecified atom stereocenters. The largest absolute Gasteiger partial charge is 0.337 e. The molecule has 0 aliphatic carbocycles. The fraction of sp³-hybridized carbons (Fsp3) is 0.714. The van der Waals surface area contributed by atoms with Crippen LogP contribution in [0.4, 0.5) is 0 Å². The van der Waals surface area contributed by atoms with E-state index in [1.165, 1.54) is 0 Å². The fourth-order valence-corrected chi connectivity index (χ4v) is 2.96. The molecule has 122 valence electrons. The molecular formula is C14H26Cl2N4O. The van der Waals surface area contributed by atoms with Gasteiger partial charge < -0.3 is 10.2 Å². The van der Waals surface area contributed by atoms with Gasteiger partial charge in [0.25, 0.3) is 0 Å². The Morgan fingerprint density at radius 1 is 1.38 bits per heavy atom. The number of amides is 1. The van der Waals surface area contributed by atoms with Gasteiger partial charge in [0.15, 0.2) is 0 Å². The third kappa shape index (κ3) is 3.90. The van der Waals surface area contributed by atoms with Gasteiger partial charge in [0.2, 0.25) is 5.91 Å². The Morgan fingerprint density at radius 3 is 2.48 bits per heavy atom. The first-order valence-corrected chi connectivity index (χ1v) is 6.94. The Hall–Kier alpha value is -0.780. The van der Waals surface area contributed by atoms with E-state index in [1.54, 1.807) is 0 Å². The van der Waals surface area contributed by atoms with Crippen LogP contribution in [0.15, 0.2) is 0 Å².